The van der Waals surface area contributed by atoms with Crippen LogP contribution in [0.1, 0.15) is 30.0 Å². The Balaban J connectivity index is 1.58. The Hall–Kier alpha value is -1.94. The minimum absolute atomic E-state index is 0.0728. The average molecular weight is 493 g/mol. The normalized spacial score (nSPS) is 24.1. The summed E-state index contributed by atoms with van der Waals surface area (Å²) >= 11 is 0. The van der Waals surface area contributed by atoms with Crippen molar-refractivity contribution in [2.75, 3.05) is 38.2 Å². The smallest absolute Gasteiger partial charge is 0.183 e. The molecule has 0 amide bonds. The molecule has 7 nitrogen and oxygen atoms in total. The molecule has 1 unspecified atom stereocenters. The highest BCUT2D eigenvalue weighted by atomic mass is 32.2. The van der Waals surface area contributed by atoms with E-state index in [0.29, 0.717) is 17.9 Å². The summed E-state index contributed by atoms with van der Waals surface area (Å²) < 4.78 is 57.3. The molecule has 2 aliphatic rings. The van der Waals surface area contributed by atoms with Gasteiger partial charge in [-0.1, -0.05) is 30.3 Å². The summed E-state index contributed by atoms with van der Waals surface area (Å²) in [4.78, 5) is 2.52. The number of benzene rings is 2. The highest BCUT2D eigenvalue weighted by Crippen LogP contribution is 2.30. The van der Waals surface area contributed by atoms with E-state index in [1.54, 1.807) is 19.1 Å². The number of hydrogen-bond donors (Lipinski definition) is 1. The van der Waals surface area contributed by atoms with Gasteiger partial charge < -0.3 is 10.1 Å². The van der Waals surface area contributed by atoms with Crippen molar-refractivity contribution in [2.24, 2.45) is 0 Å². The highest BCUT2D eigenvalue weighted by Gasteiger charge is 2.46. The molecule has 0 saturated carbocycles. The topological polar surface area (TPSA) is 92.8 Å². The van der Waals surface area contributed by atoms with Crippen LogP contribution < -0.4 is 10.1 Å². The van der Waals surface area contributed by atoms with Gasteiger partial charge in [-0.25, -0.2) is 16.8 Å². The van der Waals surface area contributed by atoms with E-state index in [1.807, 2.05) is 18.2 Å². The van der Waals surface area contributed by atoms with Gasteiger partial charge in [-0.2, -0.15) is 0 Å². The van der Waals surface area contributed by atoms with E-state index < -0.39 is 31.0 Å². The van der Waals surface area contributed by atoms with Crippen LogP contribution in [0.15, 0.2) is 53.4 Å². The molecule has 9 heteroatoms. The van der Waals surface area contributed by atoms with Gasteiger partial charge in [0.2, 0.25) is 0 Å². The number of methoxy groups -OCH3 is 1. The maximum absolute atomic E-state index is 13.5. The van der Waals surface area contributed by atoms with Crippen molar-refractivity contribution in [2.45, 2.75) is 42.0 Å². The van der Waals surface area contributed by atoms with E-state index in [4.69, 9.17) is 4.74 Å². The van der Waals surface area contributed by atoms with Crippen molar-refractivity contribution in [1.29, 1.82) is 0 Å². The summed E-state index contributed by atoms with van der Waals surface area (Å²) in [6, 6.07) is 14.2. The lowest BCUT2D eigenvalue weighted by molar-refractivity contribution is 0.234. The predicted octanol–water partition coefficient (Wildman–Crippen LogP) is 2.37. The lowest BCUT2D eigenvalue weighted by Crippen LogP contribution is -2.46. The Kier molecular flexibility index (Phi) is 7.14. The Morgan fingerprint density at radius 3 is 2.42 bits per heavy atom. The number of likely N-dealkylation sites (tertiary alicyclic amines) is 1. The molecule has 2 fully saturated rings. The third-order valence-electron chi connectivity index (χ3n) is 6.73. The molecule has 2 heterocycles. The zero-order chi connectivity index (χ0) is 23.6. The number of sulfone groups is 2. The first-order valence-corrected chi connectivity index (χ1v) is 14.7. The molecule has 0 spiro atoms. The standard InChI is InChI=1S/C24H32N2O5S2/c1-18-14-20(10-11-23(18)31-2)33(29,30)24-17-32(27,28)16-21(24)25-15-22(26-12-6-7-13-26)19-8-4-3-5-9-19/h3-5,8-11,14,21-22,24-25H,6-7,12-13,15-17H2,1-2H3/t21-,22?,24-/m0/s1. The lowest BCUT2D eigenvalue weighted by atomic mass is 10.0. The van der Waals surface area contributed by atoms with E-state index in [2.05, 4.69) is 22.3 Å². The van der Waals surface area contributed by atoms with Crippen LogP contribution in [-0.2, 0) is 19.7 Å². The number of hydrogen-bond acceptors (Lipinski definition) is 7. The first-order chi connectivity index (χ1) is 15.7. The number of nitrogens with zero attached hydrogens (tertiary/aromatic N) is 1. The Morgan fingerprint density at radius 1 is 1.09 bits per heavy atom. The van der Waals surface area contributed by atoms with Gasteiger partial charge in [-0.05, 0) is 62.2 Å². The second-order valence-electron chi connectivity index (χ2n) is 8.98. The summed E-state index contributed by atoms with van der Waals surface area (Å²) in [5, 5.41) is 2.33. The van der Waals surface area contributed by atoms with E-state index in [0.717, 1.165) is 31.5 Å². The number of nitrogens with one attached hydrogen (secondary N) is 1. The zero-order valence-electron chi connectivity index (χ0n) is 19.1. The Bertz CT molecular complexity index is 1180. The van der Waals surface area contributed by atoms with Crippen LogP contribution in [0.2, 0.25) is 0 Å². The fraction of sp³-hybridized carbons (Fsp3) is 0.500. The van der Waals surface area contributed by atoms with Crippen molar-refractivity contribution < 1.29 is 21.6 Å². The van der Waals surface area contributed by atoms with Gasteiger partial charge in [0.05, 0.1) is 28.8 Å². The lowest BCUT2D eigenvalue weighted by Gasteiger charge is -2.30. The number of aryl methyl sites for hydroxylation is 1. The molecule has 4 rings (SSSR count). The van der Waals surface area contributed by atoms with Crippen LogP contribution in [0, 0.1) is 6.92 Å². The molecule has 0 aliphatic carbocycles. The SMILES string of the molecule is COc1ccc(S(=O)(=O)[C@H]2CS(=O)(=O)C[C@@H]2NCC(c2ccccc2)N2CCCC2)cc1C. The third-order valence-corrected chi connectivity index (χ3v) is 10.9. The van der Waals surface area contributed by atoms with Crippen LogP contribution in [0.4, 0.5) is 0 Å². The maximum atomic E-state index is 13.5. The summed E-state index contributed by atoms with van der Waals surface area (Å²) in [5.74, 6) is 0.0599. The average Bonchev–Trinajstić information content (AvgIpc) is 3.42. The van der Waals surface area contributed by atoms with E-state index >= 15 is 0 Å². The van der Waals surface area contributed by atoms with Gasteiger partial charge in [0, 0.05) is 18.6 Å². The van der Waals surface area contributed by atoms with Crippen molar-refractivity contribution in [3.05, 3.63) is 59.7 Å². The van der Waals surface area contributed by atoms with Gasteiger partial charge in [0.25, 0.3) is 0 Å². The molecular formula is C24H32N2O5S2. The van der Waals surface area contributed by atoms with E-state index in [9.17, 15) is 16.8 Å². The molecule has 2 saturated heterocycles. The van der Waals surface area contributed by atoms with E-state index in [1.165, 1.54) is 13.2 Å². The molecule has 0 aromatic heterocycles. The molecule has 2 aromatic carbocycles. The largest absolute Gasteiger partial charge is 0.496 e. The molecule has 3 atom stereocenters. The molecule has 180 valence electrons. The quantitative estimate of drug-likeness (QED) is 0.605. The molecule has 33 heavy (non-hydrogen) atoms. The molecule has 1 N–H and O–H groups in total. The number of ether oxygens (including phenoxy) is 1. The van der Waals surface area contributed by atoms with Crippen LogP contribution in [0.3, 0.4) is 0 Å². The van der Waals surface area contributed by atoms with Crippen LogP contribution in [-0.4, -0.2) is 71.3 Å². The van der Waals surface area contributed by atoms with Crippen molar-refractivity contribution in [3.63, 3.8) is 0 Å². The van der Waals surface area contributed by atoms with Gasteiger partial charge in [0.15, 0.2) is 19.7 Å². The van der Waals surface area contributed by atoms with Crippen LogP contribution in [0.5, 0.6) is 5.75 Å². The van der Waals surface area contributed by atoms with Gasteiger partial charge >= 0.3 is 0 Å². The first-order valence-electron chi connectivity index (χ1n) is 11.3. The van der Waals surface area contributed by atoms with Crippen molar-refractivity contribution in [1.82, 2.24) is 10.2 Å². The Morgan fingerprint density at radius 2 is 1.79 bits per heavy atom. The maximum Gasteiger partial charge on any atom is 0.183 e. The Labute approximate surface area is 197 Å². The first kappa shape index (κ1) is 24.2. The van der Waals surface area contributed by atoms with Crippen molar-refractivity contribution in [3.8, 4) is 5.75 Å². The van der Waals surface area contributed by atoms with Gasteiger partial charge in [-0.15, -0.1) is 0 Å². The zero-order valence-corrected chi connectivity index (χ0v) is 20.7. The molecule has 0 radical (unpaired) electrons. The summed E-state index contributed by atoms with van der Waals surface area (Å²) in [6.45, 7) is 4.24. The molecular weight excluding hydrogens is 460 g/mol. The molecule has 2 aromatic rings. The summed E-state index contributed by atoms with van der Waals surface area (Å²) in [5.41, 5.74) is 1.85. The predicted molar refractivity (Wildman–Crippen MR) is 129 cm³/mol. The fourth-order valence-corrected chi connectivity index (χ4v) is 9.76. The minimum Gasteiger partial charge on any atom is -0.496 e. The van der Waals surface area contributed by atoms with Crippen LogP contribution in [0.25, 0.3) is 0 Å². The minimum atomic E-state index is -3.85. The van der Waals surface area contributed by atoms with Crippen molar-refractivity contribution >= 4 is 19.7 Å². The number of rotatable bonds is 8. The van der Waals surface area contributed by atoms with Crippen LogP contribution >= 0.6 is 0 Å². The van der Waals surface area contributed by atoms with E-state index in [-0.39, 0.29) is 22.4 Å². The second-order valence-corrected chi connectivity index (χ2v) is 13.3. The fourth-order valence-electron chi connectivity index (χ4n) is 4.96. The third kappa shape index (κ3) is 5.26. The highest BCUT2D eigenvalue weighted by molar-refractivity contribution is 7.96. The molecule has 2 aliphatic heterocycles. The van der Waals surface area contributed by atoms with Gasteiger partial charge in [-0.3, -0.25) is 4.90 Å². The summed E-state index contributed by atoms with van der Waals surface area (Å²) in [7, 11) is -5.79. The molecule has 0 bridgehead atoms. The summed E-state index contributed by atoms with van der Waals surface area (Å²) in [6.07, 6.45) is 2.27. The monoisotopic (exact) mass is 492 g/mol. The van der Waals surface area contributed by atoms with Gasteiger partial charge in [0.1, 0.15) is 5.75 Å². The second kappa shape index (κ2) is 9.74.